The second-order valence-electron chi connectivity index (χ2n) is 3.94. The van der Waals surface area contributed by atoms with E-state index in [-0.39, 0.29) is 0 Å². The minimum absolute atomic E-state index is 0.640. The smallest absolute Gasteiger partial charge is 0.118 e. The van der Waals surface area contributed by atoms with Crippen molar-refractivity contribution in [2.24, 2.45) is 10.7 Å². The number of nitrogens with two attached hydrogens (primary N) is 1. The van der Waals surface area contributed by atoms with Gasteiger partial charge in [0.2, 0.25) is 0 Å². The van der Waals surface area contributed by atoms with Gasteiger partial charge in [0.25, 0.3) is 0 Å². The minimum Gasteiger partial charge on any atom is -0.384 e. The molecule has 0 fully saturated rings. The average molecular weight is 207 g/mol. The molecular weight excluding hydrogens is 186 g/mol. The van der Waals surface area contributed by atoms with Gasteiger partial charge in [0.1, 0.15) is 5.82 Å². The molecule has 0 unspecified atom stereocenters. The first-order valence-corrected chi connectivity index (χ1v) is 5.59. The van der Waals surface area contributed by atoms with Gasteiger partial charge in [-0.2, -0.15) is 0 Å². The van der Waals surface area contributed by atoms with Gasteiger partial charge in [-0.3, -0.25) is 4.99 Å². The number of hydrogen-bond acceptors (Lipinski definition) is 3. The molecule has 1 rings (SSSR count). The monoisotopic (exact) mass is 207 g/mol. The molecule has 84 valence electrons. The summed E-state index contributed by atoms with van der Waals surface area (Å²) in [6.07, 6.45) is 8.63. The summed E-state index contributed by atoms with van der Waals surface area (Å²) >= 11 is 0. The molecule has 1 aliphatic carbocycles. The standard InChI is InChI=1S/C12H21N3/c1-10(14-2)12(13)15-9-8-11-6-4-3-5-7-11/h6,15H,2-5,7-9,13H2,1H3/b12-10-. The van der Waals surface area contributed by atoms with Gasteiger partial charge >= 0.3 is 0 Å². The average Bonchev–Trinajstić information content (AvgIpc) is 2.29. The van der Waals surface area contributed by atoms with Gasteiger partial charge in [-0.05, 0) is 45.7 Å². The van der Waals surface area contributed by atoms with Crippen molar-refractivity contribution in [1.82, 2.24) is 5.32 Å². The van der Waals surface area contributed by atoms with E-state index in [4.69, 9.17) is 5.73 Å². The molecule has 0 radical (unpaired) electrons. The van der Waals surface area contributed by atoms with E-state index < -0.39 is 0 Å². The summed E-state index contributed by atoms with van der Waals surface area (Å²) in [5, 5.41) is 3.16. The maximum absolute atomic E-state index is 5.76. The van der Waals surface area contributed by atoms with E-state index in [1.165, 1.54) is 25.7 Å². The molecule has 0 bridgehead atoms. The van der Waals surface area contributed by atoms with Gasteiger partial charge in [-0.15, -0.1) is 0 Å². The molecule has 0 aromatic heterocycles. The van der Waals surface area contributed by atoms with Crippen molar-refractivity contribution in [2.45, 2.75) is 39.0 Å². The highest BCUT2D eigenvalue weighted by Crippen LogP contribution is 2.19. The highest BCUT2D eigenvalue weighted by atomic mass is 15.0. The third-order valence-electron chi connectivity index (χ3n) is 2.77. The van der Waals surface area contributed by atoms with Crippen molar-refractivity contribution >= 4 is 6.72 Å². The van der Waals surface area contributed by atoms with Crippen LogP contribution in [0.1, 0.15) is 39.0 Å². The maximum Gasteiger partial charge on any atom is 0.118 e. The fourth-order valence-corrected chi connectivity index (χ4v) is 1.70. The van der Waals surface area contributed by atoms with Crippen LogP contribution in [0.2, 0.25) is 0 Å². The van der Waals surface area contributed by atoms with Crippen LogP contribution in [0.15, 0.2) is 28.2 Å². The van der Waals surface area contributed by atoms with Gasteiger partial charge in [0.15, 0.2) is 0 Å². The molecule has 0 atom stereocenters. The second-order valence-corrected chi connectivity index (χ2v) is 3.94. The first kappa shape index (κ1) is 11.8. The van der Waals surface area contributed by atoms with E-state index in [1.54, 1.807) is 5.57 Å². The number of rotatable bonds is 5. The van der Waals surface area contributed by atoms with Crippen LogP contribution in [0.4, 0.5) is 0 Å². The van der Waals surface area contributed by atoms with Crippen LogP contribution >= 0.6 is 0 Å². The third-order valence-corrected chi connectivity index (χ3v) is 2.77. The Labute approximate surface area is 92.2 Å². The largest absolute Gasteiger partial charge is 0.384 e. The Hall–Kier alpha value is -1.25. The highest BCUT2D eigenvalue weighted by Gasteiger charge is 2.03. The van der Waals surface area contributed by atoms with E-state index in [0.29, 0.717) is 5.82 Å². The lowest BCUT2D eigenvalue weighted by atomic mass is 9.97. The molecule has 0 spiro atoms. The van der Waals surface area contributed by atoms with Crippen LogP contribution < -0.4 is 11.1 Å². The number of aliphatic imine (C=N–C) groups is 1. The van der Waals surface area contributed by atoms with E-state index >= 15 is 0 Å². The van der Waals surface area contributed by atoms with Gasteiger partial charge < -0.3 is 11.1 Å². The summed E-state index contributed by atoms with van der Waals surface area (Å²) in [7, 11) is 0. The Morgan fingerprint density at radius 3 is 3.00 bits per heavy atom. The molecule has 3 nitrogen and oxygen atoms in total. The van der Waals surface area contributed by atoms with Crippen molar-refractivity contribution in [2.75, 3.05) is 6.54 Å². The summed E-state index contributed by atoms with van der Waals surface area (Å²) in [5.74, 6) is 0.640. The van der Waals surface area contributed by atoms with Crippen molar-refractivity contribution in [1.29, 1.82) is 0 Å². The van der Waals surface area contributed by atoms with Gasteiger partial charge in [0, 0.05) is 6.54 Å². The second kappa shape index (κ2) is 6.27. The SMILES string of the molecule is C=N/C(C)=C(/N)NCCC1=CCCCC1. The maximum atomic E-state index is 5.76. The summed E-state index contributed by atoms with van der Waals surface area (Å²) in [6.45, 7) is 6.19. The fourth-order valence-electron chi connectivity index (χ4n) is 1.70. The molecule has 0 aromatic carbocycles. The molecule has 0 saturated carbocycles. The van der Waals surface area contributed by atoms with Crippen molar-refractivity contribution in [3.63, 3.8) is 0 Å². The number of allylic oxidation sites excluding steroid dienone is 2. The van der Waals surface area contributed by atoms with Crippen molar-refractivity contribution < 1.29 is 0 Å². The van der Waals surface area contributed by atoms with Crippen LogP contribution in [-0.4, -0.2) is 13.3 Å². The molecule has 0 amide bonds. The normalized spacial score (nSPS) is 17.8. The van der Waals surface area contributed by atoms with Crippen molar-refractivity contribution in [3.8, 4) is 0 Å². The van der Waals surface area contributed by atoms with Crippen LogP contribution in [-0.2, 0) is 0 Å². The van der Waals surface area contributed by atoms with E-state index in [0.717, 1.165) is 18.7 Å². The van der Waals surface area contributed by atoms with Crippen LogP contribution in [0.25, 0.3) is 0 Å². The van der Waals surface area contributed by atoms with E-state index in [1.807, 2.05) is 6.92 Å². The third kappa shape index (κ3) is 4.19. The molecule has 0 aliphatic heterocycles. The zero-order chi connectivity index (χ0) is 11.1. The predicted octanol–water partition coefficient (Wildman–Crippen LogP) is 2.31. The highest BCUT2D eigenvalue weighted by molar-refractivity contribution is 5.29. The molecule has 1 aliphatic rings. The molecule has 0 saturated heterocycles. The van der Waals surface area contributed by atoms with Gasteiger partial charge in [-0.1, -0.05) is 11.6 Å². The molecule has 15 heavy (non-hydrogen) atoms. The summed E-state index contributed by atoms with van der Waals surface area (Å²) in [5.41, 5.74) is 8.09. The Kier molecular flexibility index (Phi) is 4.95. The van der Waals surface area contributed by atoms with Crippen LogP contribution in [0.5, 0.6) is 0 Å². The Bertz CT molecular complexity index is 277. The number of nitrogens with one attached hydrogen (secondary N) is 1. The summed E-state index contributed by atoms with van der Waals surface area (Å²) < 4.78 is 0. The molecule has 3 heteroatoms. The molecular formula is C12H21N3. The molecule has 0 heterocycles. The van der Waals surface area contributed by atoms with Crippen molar-refractivity contribution in [3.05, 3.63) is 23.2 Å². The van der Waals surface area contributed by atoms with Crippen LogP contribution in [0, 0.1) is 0 Å². The van der Waals surface area contributed by atoms with Gasteiger partial charge in [0.05, 0.1) is 5.70 Å². The van der Waals surface area contributed by atoms with E-state index in [2.05, 4.69) is 23.1 Å². The number of hydrogen-bond donors (Lipinski definition) is 2. The lowest BCUT2D eigenvalue weighted by molar-refractivity contribution is 0.657. The summed E-state index contributed by atoms with van der Waals surface area (Å²) in [4.78, 5) is 3.78. The fraction of sp³-hybridized carbons (Fsp3) is 0.583. The van der Waals surface area contributed by atoms with Crippen LogP contribution in [0.3, 0.4) is 0 Å². The van der Waals surface area contributed by atoms with E-state index in [9.17, 15) is 0 Å². The zero-order valence-electron chi connectivity index (χ0n) is 9.55. The minimum atomic E-state index is 0.640. The Balaban J connectivity index is 2.26. The number of nitrogens with zero attached hydrogens (tertiary/aromatic N) is 1. The lowest BCUT2D eigenvalue weighted by Gasteiger charge is -2.13. The molecule has 0 aromatic rings. The molecule has 3 N–H and O–H groups in total. The lowest BCUT2D eigenvalue weighted by Crippen LogP contribution is -2.23. The predicted molar refractivity (Wildman–Crippen MR) is 65.6 cm³/mol. The topological polar surface area (TPSA) is 50.4 Å². The van der Waals surface area contributed by atoms with Gasteiger partial charge in [-0.25, -0.2) is 0 Å². The first-order chi connectivity index (χ1) is 7.24. The summed E-state index contributed by atoms with van der Waals surface area (Å²) in [6, 6.07) is 0. The quantitative estimate of drug-likeness (QED) is 0.537. The first-order valence-electron chi connectivity index (χ1n) is 5.59. The Morgan fingerprint density at radius 2 is 2.40 bits per heavy atom. The Morgan fingerprint density at radius 1 is 1.60 bits per heavy atom. The zero-order valence-corrected chi connectivity index (χ0v) is 9.55.